The van der Waals surface area contributed by atoms with Crippen LogP contribution in [0.3, 0.4) is 0 Å². The maximum atomic E-state index is 6.67. The van der Waals surface area contributed by atoms with Gasteiger partial charge in [0.15, 0.2) is 0 Å². The molecule has 0 radical (unpaired) electrons. The average Bonchev–Trinajstić information content (AvgIpc) is 4.05. The van der Waals surface area contributed by atoms with Gasteiger partial charge in [-0.3, -0.25) is 4.90 Å². The summed E-state index contributed by atoms with van der Waals surface area (Å²) in [5.74, 6) is 0.415. The molecule has 5 aliphatic rings. The predicted octanol–water partition coefficient (Wildman–Crippen LogP) is 10.4. The van der Waals surface area contributed by atoms with Crippen LogP contribution in [-0.2, 0) is 27.7 Å². The van der Waals surface area contributed by atoms with E-state index in [1.54, 1.807) is 132 Å². The fraction of sp³-hybridized carbons (Fsp3) is 0.231. The molecular formula is C52H30ClNO2. The van der Waals surface area contributed by atoms with Crippen LogP contribution >= 0.6 is 11.6 Å². The minimum Gasteiger partial charge on any atom is -0.382 e. The first-order valence-corrected chi connectivity index (χ1v) is 21.1. The smallest absolute Gasteiger partial charge is 0.0700 e. The van der Waals surface area contributed by atoms with Gasteiger partial charge >= 0.3 is 0 Å². The number of halogens is 1. The average molecular weight is 736 g/mol. The number of nitrogens with zero attached hydrogens (tertiary/aromatic N) is 1. The van der Waals surface area contributed by atoms with Gasteiger partial charge in [-0.15, -0.1) is 0 Å². The van der Waals surface area contributed by atoms with E-state index in [2.05, 4.69) is 59.5 Å². The third-order valence-corrected chi connectivity index (χ3v) is 17.3. The Morgan fingerprint density at radius 2 is 1.21 bits per heavy atom. The molecule has 1 aliphatic heterocycles. The Morgan fingerprint density at radius 1 is 0.607 bits per heavy atom. The number of hydrogen-bond donors (Lipinski definition) is 0. The van der Waals surface area contributed by atoms with Crippen LogP contribution in [0, 0.1) is 5.92 Å². The second-order valence-corrected chi connectivity index (χ2v) is 19.2. The van der Waals surface area contributed by atoms with Gasteiger partial charge in [0, 0.05) is 42.6 Å². The van der Waals surface area contributed by atoms with Crippen molar-refractivity contribution in [2.75, 3.05) is 40.0 Å². The molecule has 13 aromatic rings. The zero-order valence-corrected chi connectivity index (χ0v) is 31.4. The molecule has 0 bridgehead atoms. The van der Waals surface area contributed by atoms with Crippen LogP contribution in [0.25, 0.3) is 130 Å². The molecule has 13 aromatic carbocycles. The van der Waals surface area contributed by atoms with E-state index in [9.17, 15) is 0 Å². The molecular weight excluding hydrogens is 706 g/mol. The first kappa shape index (κ1) is 27.5. The predicted molar refractivity (Wildman–Crippen MR) is 231 cm³/mol. The Kier molecular flexibility index (Phi) is 3.96. The lowest BCUT2D eigenvalue weighted by Gasteiger charge is -2.43. The van der Waals surface area contributed by atoms with Crippen molar-refractivity contribution in [2.45, 2.75) is 30.7 Å². The summed E-state index contributed by atoms with van der Waals surface area (Å²) in [7, 11) is 1.76. The summed E-state index contributed by atoms with van der Waals surface area (Å²) >= 11 is 6.67. The third kappa shape index (κ3) is 2.35. The van der Waals surface area contributed by atoms with Gasteiger partial charge in [-0.1, -0.05) is 47.0 Å². The van der Waals surface area contributed by atoms with Crippen molar-refractivity contribution in [3.63, 3.8) is 0 Å². The highest BCUT2D eigenvalue weighted by Gasteiger charge is 2.62. The second-order valence-electron chi connectivity index (χ2n) is 18.8. The van der Waals surface area contributed by atoms with Crippen LogP contribution in [0.1, 0.15) is 34.7 Å². The van der Waals surface area contributed by atoms with Gasteiger partial charge in [-0.05, 0) is 201 Å². The van der Waals surface area contributed by atoms with Gasteiger partial charge in [0.05, 0.1) is 19.8 Å². The maximum absolute atomic E-state index is 6.67. The largest absolute Gasteiger partial charge is 0.382 e. The normalized spacial score (nSPS) is 23.2. The van der Waals surface area contributed by atoms with E-state index in [1.165, 1.54) is 37.9 Å². The van der Waals surface area contributed by atoms with Crippen LogP contribution in [0.4, 0.5) is 0 Å². The lowest BCUT2D eigenvalue weighted by atomic mass is 9.60. The number of likely N-dealkylation sites (tertiary alicyclic amines) is 1. The van der Waals surface area contributed by atoms with Crippen molar-refractivity contribution in [1.82, 2.24) is 4.90 Å². The number of fused-ring (bicyclic) bond motifs is 1. The number of benzene rings is 9. The minimum absolute atomic E-state index is 0.0835. The van der Waals surface area contributed by atoms with E-state index in [4.69, 9.17) is 21.1 Å². The fourth-order valence-electron chi connectivity index (χ4n) is 15.9. The number of hydrogen-bond acceptors (Lipinski definition) is 3. The van der Waals surface area contributed by atoms with Crippen molar-refractivity contribution in [1.29, 1.82) is 0 Å². The van der Waals surface area contributed by atoms with Crippen LogP contribution in [-0.4, -0.2) is 44.9 Å². The quantitative estimate of drug-likeness (QED) is 0.120. The van der Waals surface area contributed by atoms with E-state index in [0.717, 1.165) is 37.4 Å². The van der Waals surface area contributed by atoms with Crippen LogP contribution in [0.5, 0.6) is 0 Å². The number of ether oxygens (including phenoxy) is 2. The summed E-state index contributed by atoms with van der Waals surface area (Å²) in [5, 5.41) is 38.5. The topological polar surface area (TPSA) is 21.7 Å². The molecule has 0 saturated carbocycles. The SMILES string of the molecule is COCCOCCN1CC2C3=c4c5c6c7c(cc8cc9cc%10cc%11cc%12c%13c(c4c4c5c5c7c8c7c9c%10c8c%11c%13c4c8c75)=C(C3)C%12)CC62C1c1ccc(Cl)cc1. The Bertz CT molecular complexity index is 4090. The molecule has 4 aliphatic carbocycles. The molecule has 0 aromatic heterocycles. The highest BCUT2D eigenvalue weighted by Crippen LogP contribution is 2.70. The number of rotatable bonds is 7. The van der Waals surface area contributed by atoms with E-state index in [1.807, 2.05) is 0 Å². The first-order valence-electron chi connectivity index (χ1n) is 20.7. The molecule has 18 rings (SSSR count). The second kappa shape index (κ2) is 8.05. The molecule has 262 valence electrons. The summed E-state index contributed by atoms with van der Waals surface area (Å²) < 4.78 is 11.6. The van der Waals surface area contributed by atoms with E-state index >= 15 is 0 Å². The molecule has 3 atom stereocenters. The molecule has 1 fully saturated rings. The van der Waals surface area contributed by atoms with E-state index < -0.39 is 0 Å². The van der Waals surface area contributed by atoms with Gasteiger partial charge < -0.3 is 9.47 Å². The highest BCUT2D eigenvalue weighted by molar-refractivity contribution is 6.63. The monoisotopic (exact) mass is 735 g/mol. The molecule has 0 amide bonds. The molecule has 3 nitrogen and oxygen atoms in total. The van der Waals surface area contributed by atoms with Crippen molar-refractivity contribution < 1.29 is 9.47 Å². The van der Waals surface area contributed by atoms with Crippen molar-refractivity contribution >= 4 is 141 Å². The maximum Gasteiger partial charge on any atom is 0.0700 e. The molecule has 1 spiro atoms. The number of methoxy groups -OCH3 is 1. The Hall–Kier alpha value is -5.03. The lowest BCUT2D eigenvalue weighted by Crippen LogP contribution is -2.44. The highest BCUT2D eigenvalue weighted by atomic mass is 35.5. The van der Waals surface area contributed by atoms with Crippen molar-refractivity contribution in [2.24, 2.45) is 5.92 Å². The van der Waals surface area contributed by atoms with Gasteiger partial charge in [0.25, 0.3) is 0 Å². The van der Waals surface area contributed by atoms with Gasteiger partial charge in [-0.2, -0.15) is 0 Å². The van der Waals surface area contributed by atoms with Gasteiger partial charge in [-0.25, -0.2) is 0 Å². The Balaban J connectivity index is 1.12. The van der Waals surface area contributed by atoms with E-state index in [-0.39, 0.29) is 11.5 Å². The van der Waals surface area contributed by atoms with Gasteiger partial charge in [0.1, 0.15) is 0 Å². The molecule has 56 heavy (non-hydrogen) atoms. The van der Waals surface area contributed by atoms with Gasteiger partial charge in [0.2, 0.25) is 0 Å². The summed E-state index contributed by atoms with van der Waals surface area (Å²) in [5.41, 5.74) is 9.58. The molecule has 1 saturated heterocycles. The fourth-order valence-corrected chi connectivity index (χ4v) is 16.0. The molecule has 3 unspecified atom stereocenters. The van der Waals surface area contributed by atoms with Crippen molar-refractivity contribution in [3.8, 4) is 0 Å². The van der Waals surface area contributed by atoms with E-state index in [0.29, 0.717) is 25.7 Å². The first-order chi connectivity index (χ1) is 27.7. The Morgan fingerprint density at radius 3 is 1.95 bits per heavy atom. The van der Waals surface area contributed by atoms with Crippen LogP contribution in [0.15, 0.2) is 54.6 Å². The third-order valence-electron chi connectivity index (χ3n) is 17.0. The molecule has 4 heteroatoms. The summed E-state index contributed by atoms with van der Waals surface area (Å²) in [6.07, 6.45) is 3.26. The zero-order chi connectivity index (χ0) is 35.6. The van der Waals surface area contributed by atoms with Crippen LogP contribution in [0.2, 0.25) is 5.02 Å². The standard InChI is InChI=1S/C52H30ClNO2/c1-55-8-9-56-7-6-54-18-29-28-16-25-14-22-12-23-11-20-10-21-13-24-15-26-17-52(29,51(54)19-2-4-27(53)5-3-19)50-36(26)41-35(24)40-31(21)30(20)38-34(23)39-32(22)33(25)42-37(28)49(50)48-46(41)44(40)43(38)45(39)47(42)48/h2-5,10-13,15,29,51H,6-9,14,16-18H2,1H3. The zero-order valence-electron chi connectivity index (χ0n) is 30.6. The summed E-state index contributed by atoms with van der Waals surface area (Å²) in [6, 6.07) is 22.2. The Labute approximate surface area is 323 Å². The molecule has 0 N–H and O–H groups in total. The van der Waals surface area contributed by atoms with Crippen LogP contribution < -0.4 is 10.4 Å². The summed E-state index contributed by atoms with van der Waals surface area (Å²) in [4.78, 5) is 2.83. The minimum atomic E-state index is -0.0835. The van der Waals surface area contributed by atoms with Crippen molar-refractivity contribution in [3.05, 3.63) is 92.3 Å². The summed E-state index contributed by atoms with van der Waals surface area (Å²) in [6.45, 7) is 3.90. The lowest BCUT2D eigenvalue weighted by molar-refractivity contribution is 0.0525. The molecule has 1 heterocycles.